The summed E-state index contributed by atoms with van der Waals surface area (Å²) in [6, 6.07) is 8.09. The van der Waals surface area contributed by atoms with E-state index in [1.807, 2.05) is 6.07 Å². The van der Waals surface area contributed by atoms with Crippen molar-refractivity contribution in [3.63, 3.8) is 0 Å². The molecule has 1 aromatic carbocycles. The van der Waals surface area contributed by atoms with Crippen molar-refractivity contribution in [3.8, 4) is 11.8 Å². The molecule has 0 radical (unpaired) electrons. The van der Waals surface area contributed by atoms with Crippen LogP contribution in [0.15, 0.2) is 24.3 Å². The lowest BCUT2D eigenvalue weighted by molar-refractivity contribution is -0.135. The molecule has 1 heterocycles. The van der Waals surface area contributed by atoms with Crippen molar-refractivity contribution in [2.24, 2.45) is 11.3 Å². The Morgan fingerprint density at radius 3 is 2.61 bits per heavy atom. The molecular weight excluding hydrogens is 358 g/mol. The van der Waals surface area contributed by atoms with E-state index in [9.17, 15) is 14.7 Å². The molecule has 28 heavy (non-hydrogen) atoms. The fraction of sp³-hybridized carbons (Fsp3) is 0.571. The fourth-order valence-corrected chi connectivity index (χ4v) is 4.75. The summed E-state index contributed by atoms with van der Waals surface area (Å²) < 4.78 is 5.51. The van der Waals surface area contributed by atoms with Gasteiger partial charge in [0, 0.05) is 0 Å². The van der Waals surface area contributed by atoms with Crippen LogP contribution in [0.25, 0.3) is 0 Å². The number of nitrogens with zero attached hydrogens (tertiary/aromatic N) is 2. The van der Waals surface area contributed by atoms with Crippen LogP contribution >= 0.6 is 0 Å². The predicted molar refractivity (Wildman–Crippen MR) is 102 cm³/mol. The molecule has 3 rings (SSSR count). The molecule has 0 bridgehead atoms. The molecule has 150 valence electrons. The SMILES string of the molecule is C[C@H]1CC(C)(C)C[C@]2(C1)NC(=O)N(C[C@H](O)COc1ccc(C#N)cc1)C2=O. The van der Waals surface area contributed by atoms with E-state index < -0.39 is 17.7 Å². The topological polar surface area (TPSA) is 103 Å². The van der Waals surface area contributed by atoms with Crippen molar-refractivity contribution in [3.05, 3.63) is 29.8 Å². The van der Waals surface area contributed by atoms with E-state index in [4.69, 9.17) is 10.00 Å². The molecule has 1 saturated carbocycles. The first-order valence-corrected chi connectivity index (χ1v) is 9.59. The Bertz CT molecular complexity index is 799. The maximum Gasteiger partial charge on any atom is 0.325 e. The average molecular weight is 385 g/mol. The summed E-state index contributed by atoms with van der Waals surface area (Å²) in [5, 5.41) is 22.0. The van der Waals surface area contributed by atoms with Crippen molar-refractivity contribution < 1.29 is 19.4 Å². The number of benzene rings is 1. The van der Waals surface area contributed by atoms with Gasteiger partial charge in [0.1, 0.15) is 24.0 Å². The molecule has 2 aliphatic rings. The van der Waals surface area contributed by atoms with Gasteiger partial charge in [0.05, 0.1) is 18.2 Å². The Morgan fingerprint density at radius 1 is 1.32 bits per heavy atom. The van der Waals surface area contributed by atoms with Gasteiger partial charge in [0.2, 0.25) is 0 Å². The average Bonchev–Trinajstić information content (AvgIpc) is 2.82. The number of aliphatic hydroxyl groups excluding tert-OH is 1. The molecular formula is C21H27N3O4. The number of hydrogen-bond donors (Lipinski definition) is 2. The summed E-state index contributed by atoms with van der Waals surface area (Å²) in [4.78, 5) is 26.6. The molecule has 1 saturated heterocycles. The van der Waals surface area contributed by atoms with Gasteiger partial charge in [-0.15, -0.1) is 0 Å². The molecule has 1 aliphatic heterocycles. The lowest BCUT2D eigenvalue weighted by Gasteiger charge is -2.43. The second kappa shape index (κ2) is 7.44. The van der Waals surface area contributed by atoms with Crippen LogP contribution in [0.3, 0.4) is 0 Å². The number of rotatable bonds is 5. The monoisotopic (exact) mass is 385 g/mol. The third-order valence-electron chi connectivity index (χ3n) is 5.44. The molecule has 0 unspecified atom stereocenters. The third kappa shape index (κ3) is 4.12. The van der Waals surface area contributed by atoms with E-state index in [1.54, 1.807) is 24.3 Å². The molecule has 1 aromatic rings. The smallest absolute Gasteiger partial charge is 0.325 e. The zero-order valence-electron chi connectivity index (χ0n) is 16.6. The molecule has 7 heteroatoms. The first kappa shape index (κ1) is 20.2. The third-order valence-corrected chi connectivity index (χ3v) is 5.44. The number of ether oxygens (including phenoxy) is 1. The van der Waals surface area contributed by atoms with Crippen molar-refractivity contribution >= 4 is 11.9 Å². The highest BCUT2D eigenvalue weighted by Gasteiger charge is 2.56. The number of nitriles is 1. The quantitative estimate of drug-likeness (QED) is 0.758. The van der Waals surface area contributed by atoms with Gasteiger partial charge >= 0.3 is 6.03 Å². The highest BCUT2D eigenvalue weighted by molar-refractivity contribution is 6.07. The second-order valence-corrected chi connectivity index (χ2v) is 8.88. The molecule has 2 N–H and O–H groups in total. The number of carbonyl (C=O) groups is 2. The number of amides is 3. The standard InChI is InChI=1S/C21H27N3O4/c1-14-8-20(2,3)13-21(9-14)18(26)24(19(27)23-21)11-16(25)12-28-17-6-4-15(10-22)5-7-17/h4-7,14,16,25H,8-9,11-13H2,1-3H3,(H,23,27)/t14-,16-,21-/m0/s1. The minimum absolute atomic E-state index is 0.0338. The predicted octanol–water partition coefficient (Wildman–Crippen LogP) is 2.43. The lowest BCUT2D eigenvalue weighted by Crippen LogP contribution is -2.54. The zero-order chi connectivity index (χ0) is 20.5. The summed E-state index contributed by atoms with van der Waals surface area (Å²) in [6.07, 6.45) is 1.23. The number of aliphatic hydroxyl groups is 1. The van der Waals surface area contributed by atoms with Gasteiger partial charge in [0.15, 0.2) is 0 Å². The van der Waals surface area contributed by atoms with E-state index in [-0.39, 0.29) is 24.5 Å². The number of β-amino-alcohol motifs (C(OH)–C–C–N with tert-alkyl or cyclic N) is 1. The van der Waals surface area contributed by atoms with Crippen molar-refractivity contribution in [1.29, 1.82) is 5.26 Å². The molecule has 7 nitrogen and oxygen atoms in total. The Hall–Kier alpha value is -2.59. The molecule has 0 aromatic heterocycles. The largest absolute Gasteiger partial charge is 0.491 e. The Kier molecular flexibility index (Phi) is 5.35. The van der Waals surface area contributed by atoms with E-state index in [2.05, 4.69) is 26.1 Å². The normalized spacial score (nSPS) is 27.4. The van der Waals surface area contributed by atoms with E-state index in [0.717, 1.165) is 11.3 Å². The molecule has 1 aliphatic carbocycles. The maximum absolute atomic E-state index is 13.1. The maximum atomic E-state index is 13.1. The first-order valence-electron chi connectivity index (χ1n) is 9.59. The molecule has 1 spiro atoms. The number of carbonyl (C=O) groups excluding carboxylic acids is 2. The minimum Gasteiger partial charge on any atom is -0.491 e. The van der Waals surface area contributed by atoms with E-state index >= 15 is 0 Å². The van der Waals surface area contributed by atoms with Gasteiger partial charge in [-0.2, -0.15) is 5.26 Å². The number of imide groups is 1. The van der Waals surface area contributed by atoms with Crippen LogP contribution in [-0.4, -0.2) is 46.7 Å². The highest BCUT2D eigenvalue weighted by atomic mass is 16.5. The van der Waals surface area contributed by atoms with E-state index in [1.165, 1.54) is 0 Å². The fourth-order valence-electron chi connectivity index (χ4n) is 4.75. The molecule has 3 amide bonds. The summed E-state index contributed by atoms with van der Waals surface area (Å²) >= 11 is 0. The first-order chi connectivity index (χ1) is 13.1. The Morgan fingerprint density at radius 2 is 2.00 bits per heavy atom. The summed E-state index contributed by atoms with van der Waals surface area (Å²) in [7, 11) is 0. The van der Waals surface area contributed by atoms with Crippen LogP contribution in [0.1, 0.15) is 45.6 Å². The highest BCUT2D eigenvalue weighted by Crippen LogP contribution is 2.46. The van der Waals surface area contributed by atoms with Crippen molar-refractivity contribution in [2.75, 3.05) is 13.2 Å². The lowest BCUT2D eigenvalue weighted by atomic mass is 9.64. The van der Waals surface area contributed by atoms with Gasteiger partial charge in [-0.25, -0.2) is 4.79 Å². The van der Waals surface area contributed by atoms with Crippen LogP contribution in [0.5, 0.6) is 5.75 Å². The Balaban J connectivity index is 1.61. The van der Waals surface area contributed by atoms with Crippen molar-refractivity contribution in [2.45, 2.75) is 51.7 Å². The van der Waals surface area contributed by atoms with Crippen LogP contribution in [0.4, 0.5) is 4.79 Å². The van der Waals surface area contributed by atoms with Gasteiger partial charge in [-0.3, -0.25) is 9.69 Å². The van der Waals surface area contributed by atoms with Crippen LogP contribution in [0.2, 0.25) is 0 Å². The number of hydrogen-bond acceptors (Lipinski definition) is 5. The van der Waals surface area contributed by atoms with Crippen LogP contribution < -0.4 is 10.1 Å². The van der Waals surface area contributed by atoms with Crippen molar-refractivity contribution in [1.82, 2.24) is 10.2 Å². The zero-order valence-corrected chi connectivity index (χ0v) is 16.6. The van der Waals surface area contributed by atoms with E-state index in [0.29, 0.717) is 30.1 Å². The number of nitrogens with one attached hydrogen (secondary N) is 1. The van der Waals surface area contributed by atoms with Gasteiger partial charge in [-0.1, -0.05) is 20.8 Å². The Labute approximate surface area is 165 Å². The summed E-state index contributed by atoms with van der Waals surface area (Å²) in [5.74, 6) is 0.585. The summed E-state index contributed by atoms with van der Waals surface area (Å²) in [6.45, 7) is 6.17. The van der Waals surface area contributed by atoms with Gasteiger partial charge in [0.25, 0.3) is 5.91 Å². The minimum atomic E-state index is -1.01. The van der Waals surface area contributed by atoms with Gasteiger partial charge in [-0.05, 0) is 54.9 Å². The second-order valence-electron chi connectivity index (χ2n) is 8.88. The number of urea groups is 1. The molecule has 3 atom stereocenters. The van der Waals surface area contributed by atoms with Gasteiger partial charge < -0.3 is 15.2 Å². The van der Waals surface area contributed by atoms with Crippen LogP contribution in [-0.2, 0) is 4.79 Å². The van der Waals surface area contributed by atoms with Crippen LogP contribution in [0, 0.1) is 22.7 Å². The molecule has 2 fully saturated rings. The summed E-state index contributed by atoms with van der Waals surface area (Å²) in [5.41, 5.74) is -0.387.